The Morgan fingerprint density at radius 3 is 2.29 bits per heavy atom. The summed E-state index contributed by atoms with van der Waals surface area (Å²) in [6.45, 7) is 2.20. The van der Waals surface area contributed by atoms with Crippen molar-refractivity contribution >= 4 is 51.2 Å². The van der Waals surface area contributed by atoms with Gasteiger partial charge in [-0.05, 0) is 49.0 Å². The normalized spacial score (nSPS) is 14.2. The number of benzene rings is 2. The van der Waals surface area contributed by atoms with Crippen LogP contribution >= 0.6 is 28.1 Å². The summed E-state index contributed by atoms with van der Waals surface area (Å²) in [7, 11) is 3.03. The Balaban J connectivity index is 1.95. The number of amides is 2. The monoisotopic (exact) mass is 506 g/mol. The molecule has 6 nitrogen and oxygen atoms in total. The minimum Gasteiger partial charge on any atom is -0.490 e. The Labute approximate surface area is 193 Å². The molecule has 1 aliphatic heterocycles. The van der Waals surface area contributed by atoms with E-state index in [2.05, 4.69) is 15.9 Å². The fourth-order valence-corrected chi connectivity index (χ4v) is 3.55. The number of hydrogen-bond donors (Lipinski definition) is 0. The standard InChI is InChI=1S/C22H20BrFN2O4S/c1-4-29-18-10-14(9-15-20(27)25(2)22(31)26(3)21(15)28)16(23)11-19(18)30-12-13-7-5-6-8-17(13)24/h5-11H,4,12H2,1-3H3. The number of nitrogens with zero attached hydrogens (tertiary/aromatic N) is 2. The average molecular weight is 507 g/mol. The van der Waals surface area contributed by atoms with E-state index in [0.29, 0.717) is 33.7 Å². The molecule has 0 radical (unpaired) electrons. The molecule has 2 aromatic carbocycles. The lowest BCUT2D eigenvalue weighted by Crippen LogP contribution is -2.52. The molecule has 2 amide bonds. The largest absolute Gasteiger partial charge is 0.490 e. The zero-order chi connectivity index (χ0) is 22.7. The highest BCUT2D eigenvalue weighted by molar-refractivity contribution is 9.10. The smallest absolute Gasteiger partial charge is 0.265 e. The van der Waals surface area contributed by atoms with E-state index >= 15 is 0 Å². The molecule has 0 saturated carbocycles. The van der Waals surface area contributed by atoms with Crippen LogP contribution in [0.3, 0.4) is 0 Å². The topological polar surface area (TPSA) is 59.1 Å². The van der Waals surface area contributed by atoms with Gasteiger partial charge in [0.05, 0.1) is 6.61 Å². The van der Waals surface area contributed by atoms with E-state index in [0.717, 1.165) is 0 Å². The second-order valence-corrected chi connectivity index (χ2v) is 7.92. The number of halogens is 2. The summed E-state index contributed by atoms with van der Waals surface area (Å²) in [5.41, 5.74) is 0.933. The van der Waals surface area contributed by atoms with Crippen molar-refractivity contribution in [1.29, 1.82) is 0 Å². The first-order chi connectivity index (χ1) is 14.7. The van der Waals surface area contributed by atoms with Gasteiger partial charge in [-0.3, -0.25) is 19.4 Å². The van der Waals surface area contributed by atoms with Gasteiger partial charge in [-0.2, -0.15) is 0 Å². The Morgan fingerprint density at radius 1 is 1.06 bits per heavy atom. The second-order valence-electron chi connectivity index (χ2n) is 6.70. The summed E-state index contributed by atoms with van der Waals surface area (Å²) in [6.07, 6.45) is 1.48. The van der Waals surface area contributed by atoms with Gasteiger partial charge < -0.3 is 9.47 Å². The van der Waals surface area contributed by atoms with E-state index in [-0.39, 0.29) is 23.1 Å². The van der Waals surface area contributed by atoms with Crippen molar-refractivity contribution < 1.29 is 23.5 Å². The number of likely N-dealkylation sites (N-methyl/N-ethyl adjacent to an activating group) is 2. The first kappa shape index (κ1) is 22.9. The maximum atomic E-state index is 13.9. The lowest BCUT2D eigenvalue weighted by atomic mass is 10.1. The first-order valence-corrected chi connectivity index (χ1v) is 10.6. The maximum Gasteiger partial charge on any atom is 0.265 e. The zero-order valence-corrected chi connectivity index (χ0v) is 19.5. The molecule has 1 heterocycles. The van der Waals surface area contributed by atoms with Gasteiger partial charge in [0.25, 0.3) is 11.8 Å². The highest BCUT2D eigenvalue weighted by Crippen LogP contribution is 2.36. The Kier molecular flexibility index (Phi) is 7.07. The average Bonchev–Trinajstić information content (AvgIpc) is 2.75. The van der Waals surface area contributed by atoms with Crippen molar-refractivity contribution in [1.82, 2.24) is 9.80 Å². The molecule has 1 aliphatic rings. The van der Waals surface area contributed by atoms with Gasteiger partial charge in [0.1, 0.15) is 18.0 Å². The van der Waals surface area contributed by atoms with Crippen molar-refractivity contribution in [3.63, 3.8) is 0 Å². The summed E-state index contributed by atoms with van der Waals surface area (Å²) in [5.74, 6) is -0.533. The minimum atomic E-state index is -0.488. The maximum absolute atomic E-state index is 13.9. The third-order valence-corrected chi connectivity index (χ3v) is 5.88. The van der Waals surface area contributed by atoms with Crippen molar-refractivity contribution in [3.8, 4) is 11.5 Å². The highest BCUT2D eigenvalue weighted by atomic mass is 79.9. The molecule has 31 heavy (non-hydrogen) atoms. The zero-order valence-electron chi connectivity index (χ0n) is 17.1. The number of carbonyl (C=O) groups excluding carboxylic acids is 2. The molecule has 3 rings (SSSR count). The van der Waals surface area contributed by atoms with Crippen LogP contribution in [0.2, 0.25) is 0 Å². The fourth-order valence-electron chi connectivity index (χ4n) is 2.94. The molecule has 0 aliphatic carbocycles. The van der Waals surface area contributed by atoms with Gasteiger partial charge >= 0.3 is 0 Å². The second kappa shape index (κ2) is 9.57. The SMILES string of the molecule is CCOc1cc(C=C2C(=O)N(C)C(=S)N(C)C2=O)c(Br)cc1OCc1ccccc1F. The molecule has 1 saturated heterocycles. The molecule has 162 valence electrons. The number of ether oxygens (including phenoxy) is 2. The number of carbonyl (C=O) groups is 2. The Morgan fingerprint density at radius 2 is 1.68 bits per heavy atom. The Hall–Kier alpha value is -2.78. The van der Waals surface area contributed by atoms with Gasteiger partial charge in [0.15, 0.2) is 16.6 Å². The third kappa shape index (κ3) is 4.77. The molecule has 0 spiro atoms. The van der Waals surface area contributed by atoms with Crippen LogP contribution < -0.4 is 9.47 Å². The van der Waals surface area contributed by atoms with Gasteiger partial charge in [-0.1, -0.05) is 34.1 Å². The summed E-state index contributed by atoms with van der Waals surface area (Å²) < 4.78 is 25.9. The summed E-state index contributed by atoms with van der Waals surface area (Å²) in [4.78, 5) is 27.7. The third-order valence-electron chi connectivity index (χ3n) is 4.65. The van der Waals surface area contributed by atoms with Crippen molar-refractivity contribution in [2.24, 2.45) is 0 Å². The molecule has 2 aromatic rings. The summed E-state index contributed by atoms with van der Waals surface area (Å²) in [6, 6.07) is 9.67. The van der Waals surface area contributed by atoms with E-state index in [1.165, 1.54) is 36.0 Å². The fraction of sp³-hybridized carbons (Fsp3) is 0.227. The molecule has 0 bridgehead atoms. The van der Waals surface area contributed by atoms with Crippen molar-refractivity contribution in [2.75, 3.05) is 20.7 Å². The molecule has 0 atom stereocenters. The molecule has 9 heteroatoms. The Bertz CT molecular complexity index is 1060. The van der Waals surface area contributed by atoms with E-state index in [9.17, 15) is 14.0 Å². The predicted octanol–water partition coefficient (Wildman–Crippen LogP) is 4.16. The van der Waals surface area contributed by atoms with E-state index < -0.39 is 11.8 Å². The lowest BCUT2D eigenvalue weighted by Gasteiger charge is -2.31. The van der Waals surface area contributed by atoms with Crippen LogP contribution in [-0.2, 0) is 16.2 Å². The first-order valence-electron chi connectivity index (χ1n) is 9.38. The highest BCUT2D eigenvalue weighted by Gasteiger charge is 2.35. The quantitative estimate of drug-likeness (QED) is 0.334. The number of rotatable bonds is 6. The van der Waals surface area contributed by atoms with E-state index in [4.69, 9.17) is 21.7 Å². The number of hydrogen-bond acceptors (Lipinski definition) is 5. The van der Waals surface area contributed by atoms with Gasteiger partial charge in [0.2, 0.25) is 0 Å². The minimum absolute atomic E-state index is 0.0175. The van der Waals surface area contributed by atoms with Crippen LogP contribution in [0.5, 0.6) is 11.5 Å². The van der Waals surface area contributed by atoms with Gasteiger partial charge in [-0.25, -0.2) is 4.39 Å². The molecule has 0 N–H and O–H groups in total. The van der Waals surface area contributed by atoms with E-state index in [1.807, 2.05) is 6.92 Å². The summed E-state index contributed by atoms with van der Waals surface area (Å²) >= 11 is 8.56. The van der Waals surface area contributed by atoms with Gasteiger partial charge in [-0.15, -0.1) is 0 Å². The lowest BCUT2D eigenvalue weighted by molar-refractivity contribution is -0.132. The number of thiocarbonyl (C=S) groups is 1. The summed E-state index contributed by atoms with van der Waals surface area (Å²) in [5, 5.41) is 0.137. The molecular weight excluding hydrogens is 487 g/mol. The van der Waals surface area contributed by atoms with E-state index in [1.54, 1.807) is 30.3 Å². The van der Waals surface area contributed by atoms with Crippen LogP contribution in [0, 0.1) is 5.82 Å². The predicted molar refractivity (Wildman–Crippen MR) is 122 cm³/mol. The van der Waals surface area contributed by atoms with Crippen molar-refractivity contribution in [3.05, 3.63) is 63.4 Å². The van der Waals surface area contributed by atoms with Crippen LogP contribution in [0.1, 0.15) is 18.1 Å². The molecule has 1 fully saturated rings. The van der Waals surface area contributed by atoms with Crippen molar-refractivity contribution in [2.45, 2.75) is 13.5 Å². The van der Waals surface area contributed by atoms with Crippen LogP contribution in [0.15, 0.2) is 46.4 Å². The van der Waals surface area contributed by atoms with Crippen LogP contribution in [0.4, 0.5) is 4.39 Å². The van der Waals surface area contributed by atoms with Gasteiger partial charge in [0, 0.05) is 24.1 Å². The molecular formula is C22H20BrFN2O4S. The molecule has 0 aromatic heterocycles. The molecule has 0 unspecified atom stereocenters. The van der Waals surface area contributed by atoms with Crippen LogP contribution in [0.25, 0.3) is 6.08 Å². The van der Waals surface area contributed by atoms with Crippen LogP contribution in [-0.4, -0.2) is 47.4 Å².